The standard InChI is InChI=1S/C10H16N2O5/c13-7-4-11(5-8(7)14)10(17)12-3-1-2-6(12)9(15)16/h6-8,13-14H,1-5H2,(H,15,16)/t6-,7?,8?/m1/s1. The fourth-order valence-corrected chi connectivity index (χ4v) is 2.36. The highest BCUT2D eigenvalue weighted by molar-refractivity contribution is 5.83. The number of hydrogen-bond acceptors (Lipinski definition) is 4. The second-order valence-corrected chi connectivity index (χ2v) is 4.51. The van der Waals surface area contributed by atoms with Crippen LogP contribution in [-0.4, -0.2) is 75.0 Å². The fourth-order valence-electron chi connectivity index (χ4n) is 2.36. The lowest BCUT2D eigenvalue weighted by Crippen LogP contribution is -2.47. The first-order valence-corrected chi connectivity index (χ1v) is 5.65. The molecular weight excluding hydrogens is 228 g/mol. The van der Waals surface area contributed by atoms with E-state index >= 15 is 0 Å². The molecule has 2 fully saturated rings. The minimum atomic E-state index is -1.00. The summed E-state index contributed by atoms with van der Waals surface area (Å²) in [7, 11) is 0. The third-order valence-electron chi connectivity index (χ3n) is 3.31. The van der Waals surface area contributed by atoms with Crippen molar-refractivity contribution in [2.75, 3.05) is 19.6 Å². The monoisotopic (exact) mass is 244 g/mol. The molecular formula is C10H16N2O5. The van der Waals surface area contributed by atoms with Crippen molar-refractivity contribution >= 4 is 12.0 Å². The van der Waals surface area contributed by atoms with Gasteiger partial charge >= 0.3 is 12.0 Å². The van der Waals surface area contributed by atoms with Gasteiger partial charge in [-0.3, -0.25) is 0 Å². The number of nitrogens with zero attached hydrogens (tertiary/aromatic N) is 2. The average molecular weight is 244 g/mol. The first kappa shape index (κ1) is 12.1. The number of carboxylic acids is 1. The number of aliphatic carboxylic acids is 1. The highest BCUT2D eigenvalue weighted by Crippen LogP contribution is 2.21. The number of carbonyl (C=O) groups is 2. The smallest absolute Gasteiger partial charge is 0.326 e. The summed E-state index contributed by atoms with van der Waals surface area (Å²) < 4.78 is 0. The number of rotatable bonds is 1. The zero-order chi connectivity index (χ0) is 12.6. The lowest BCUT2D eigenvalue weighted by Gasteiger charge is -2.27. The Morgan fingerprint density at radius 3 is 2.24 bits per heavy atom. The fraction of sp³-hybridized carbons (Fsp3) is 0.800. The van der Waals surface area contributed by atoms with Crippen molar-refractivity contribution in [2.24, 2.45) is 0 Å². The Hall–Kier alpha value is -1.34. The number of aliphatic hydroxyl groups is 2. The molecule has 2 heterocycles. The van der Waals surface area contributed by atoms with Crippen molar-refractivity contribution in [3.05, 3.63) is 0 Å². The van der Waals surface area contributed by atoms with Gasteiger partial charge in [0.25, 0.3) is 0 Å². The summed E-state index contributed by atoms with van der Waals surface area (Å²) in [6, 6.07) is -1.19. The third kappa shape index (κ3) is 2.20. The van der Waals surface area contributed by atoms with Gasteiger partial charge in [-0.15, -0.1) is 0 Å². The Balaban J connectivity index is 2.03. The van der Waals surface area contributed by atoms with Crippen molar-refractivity contribution in [3.63, 3.8) is 0 Å². The van der Waals surface area contributed by atoms with E-state index in [4.69, 9.17) is 5.11 Å². The molecule has 7 heteroatoms. The maximum atomic E-state index is 12.0. The predicted molar refractivity (Wildman–Crippen MR) is 56.3 cm³/mol. The number of β-amino-alcohol motifs (C(OH)–C–C–N with tert-alkyl or cyclic N) is 2. The first-order chi connectivity index (χ1) is 8.00. The van der Waals surface area contributed by atoms with E-state index in [1.807, 2.05) is 0 Å². The van der Waals surface area contributed by atoms with Crippen molar-refractivity contribution < 1.29 is 24.9 Å². The summed E-state index contributed by atoms with van der Waals surface area (Å²) in [6.07, 6.45) is -0.753. The summed E-state index contributed by atoms with van der Waals surface area (Å²) in [4.78, 5) is 25.6. The minimum absolute atomic E-state index is 0.0584. The summed E-state index contributed by atoms with van der Waals surface area (Å²) in [5, 5.41) is 27.7. The van der Waals surface area contributed by atoms with E-state index in [-0.39, 0.29) is 13.1 Å². The zero-order valence-electron chi connectivity index (χ0n) is 9.32. The van der Waals surface area contributed by atoms with E-state index in [1.54, 1.807) is 0 Å². The number of hydrogen-bond donors (Lipinski definition) is 3. The van der Waals surface area contributed by atoms with Gasteiger partial charge in [-0.25, -0.2) is 9.59 Å². The van der Waals surface area contributed by atoms with E-state index in [9.17, 15) is 19.8 Å². The van der Waals surface area contributed by atoms with Gasteiger partial charge in [0.15, 0.2) is 0 Å². The lowest BCUT2D eigenvalue weighted by atomic mass is 10.2. The molecule has 2 amide bonds. The summed E-state index contributed by atoms with van der Waals surface area (Å²) in [6.45, 7) is 0.532. The molecule has 96 valence electrons. The van der Waals surface area contributed by atoms with Crippen molar-refractivity contribution in [2.45, 2.75) is 31.1 Å². The number of aliphatic hydroxyl groups excluding tert-OH is 2. The van der Waals surface area contributed by atoms with Gasteiger partial charge in [0.1, 0.15) is 6.04 Å². The molecule has 0 bridgehead atoms. The van der Waals surface area contributed by atoms with E-state index in [2.05, 4.69) is 0 Å². The Bertz CT molecular complexity index is 325. The van der Waals surface area contributed by atoms with Crippen LogP contribution in [0.15, 0.2) is 0 Å². The third-order valence-corrected chi connectivity index (χ3v) is 3.31. The largest absolute Gasteiger partial charge is 0.480 e. The van der Waals surface area contributed by atoms with E-state index in [0.717, 1.165) is 0 Å². The van der Waals surface area contributed by atoms with Crippen LogP contribution in [-0.2, 0) is 4.79 Å². The molecule has 0 aromatic heterocycles. The molecule has 0 radical (unpaired) electrons. The maximum Gasteiger partial charge on any atom is 0.326 e. The zero-order valence-corrected chi connectivity index (χ0v) is 9.32. The van der Waals surface area contributed by atoms with Crippen LogP contribution in [0.4, 0.5) is 4.79 Å². The molecule has 3 atom stereocenters. The van der Waals surface area contributed by atoms with Crippen LogP contribution in [0.3, 0.4) is 0 Å². The predicted octanol–water partition coefficient (Wildman–Crippen LogP) is -1.31. The minimum Gasteiger partial charge on any atom is -0.480 e. The van der Waals surface area contributed by atoms with Gasteiger partial charge in [-0.05, 0) is 12.8 Å². The topological polar surface area (TPSA) is 101 Å². The molecule has 2 saturated heterocycles. The van der Waals surface area contributed by atoms with Crippen LogP contribution >= 0.6 is 0 Å². The van der Waals surface area contributed by atoms with Crippen LogP contribution in [0.25, 0.3) is 0 Å². The van der Waals surface area contributed by atoms with Crippen molar-refractivity contribution in [1.29, 1.82) is 0 Å². The number of carboxylic acid groups (broad SMARTS) is 1. The Morgan fingerprint density at radius 1 is 1.12 bits per heavy atom. The molecule has 7 nitrogen and oxygen atoms in total. The molecule has 0 spiro atoms. The van der Waals surface area contributed by atoms with Gasteiger partial charge in [-0.1, -0.05) is 0 Å². The van der Waals surface area contributed by atoms with Gasteiger partial charge in [0.05, 0.1) is 25.3 Å². The highest BCUT2D eigenvalue weighted by Gasteiger charge is 2.40. The van der Waals surface area contributed by atoms with Gasteiger partial charge in [0, 0.05) is 6.54 Å². The van der Waals surface area contributed by atoms with Crippen LogP contribution in [0, 0.1) is 0 Å². The van der Waals surface area contributed by atoms with Crippen LogP contribution in [0.5, 0.6) is 0 Å². The average Bonchev–Trinajstić information content (AvgIpc) is 2.85. The number of amides is 2. The molecule has 2 unspecified atom stereocenters. The molecule has 2 aliphatic rings. The highest BCUT2D eigenvalue weighted by atomic mass is 16.4. The first-order valence-electron chi connectivity index (χ1n) is 5.65. The van der Waals surface area contributed by atoms with Crippen molar-refractivity contribution in [3.8, 4) is 0 Å². The molecule has 2 rings (SSSR count). The second kappa shape index (κ2) is 4.50. The summed E-state index contributed by atoms with van der Waals surface area (Å²) >= 11 is 0. The molecule has 3 N–H and O–H groups in total. The molecule has 0 aliphatic carbocycles. The number of carbonyl (C=O) groups excluding carboxylic acids is 1. The second-order valence-electron chi connectivity index (χ2n) is 4.51. The number of urea groups is 1. The molecule has 0 saturated carbocycles. The molecule has 17 heavy (non-hydrogen) atoms. The van der Waals surface area contributed by atoms with Gasteiger partial charge in [0.2, 0.25) is 0 Å². The molecule has 2 aliphatic heterocycles. The van der Waals surface area contributed by atoms with E-state index < -0.39 is 30.3 Å². The quantitative estimate of drug-likeness (QED) is 0.532. The van der Waals surface area contributed by atoms with E-state index in [0.29, 0.717) is 19.4 Å². The summed E-state index contributed by atoms with van der Waals surface area (Å²) in [5.41, 5.74) is 0. The maximum absolute atomic E-state index is 12.0. The molecule has 0 aromatic carbocycles. The Labute approximate surface area is 98.2 Å². The normalized spacial score (nSPS) is 33.2. The summed E-state index contributed by atoms with van der Waals surface area (Å²) in [5.74, 6) is -1.00. The SMILES string of the molecule is O=C(O)[C@H]1CCCN1C(=O)N1CC(O)C(O)C1. The van der Waals surface area contributed by atoms with Gasteiger partial charge in [-0.2, -0.15) is 0 Å². The van der Waals surface area contributed by atoms with Crippen LogP contribution in [0.2, 0.25) is 0 Å². The molecule has 0 aromatic rings. The van der Waals surface area contributed by atoms with Crippen LogP contribution < -0.4 is 0 Å². The Kier molecular flexibility index (Phi) is 3.21. The lowest BCUT2D eigenvalue weighted by molar-refractivity contribution is -0.141. The Morgan fingerprint density at radius 2 is 1.71 bits per heavy atom. The number of likely N-dealkylation sites (tertiary alicyclic amines) is 2. The van der Waals surface area contributed by atoms with Gasteiger partial charge < -0.3 is 25.1 Å². The van der Waals surface area contributed by atoms with Crippen LogP contribution in [0.1, 0.15) is 12.8 Å². The van der Waals surface area contributed by atoms with Crippen molar-refractivity contribution in [1.82, 2.24) is 9.80 Å². The van der Waals surface area contributed by atoms with E-state index in [1.165, 1.54) is 9.80 Å².